The monoisotopic (exact) mass is 228 g/mol. The first-order valence-corrected chi connectivity index (χ1v) is 5.81. The van der Waals surface area contributed by atoms with E-state index in [1.807, 2.05) is 0 Å². The van der Waals surface area contributed by atoms with Crippen molar-refractivity contribution in [3.63, 3.8) is 0 Å². The molecule has 1 fully saturated rings. The third-order valence-corrected chi connectivity index (χ3v) is 3.52. The van der Waals surface area contributed by atoms with E-state index in [0.717, 1.165) is 26.2 Å². The van der Waals surface area contributed by atoms with E-state index in [4.69, 9.17) is 11.5 Å². The van der Waals surface area contributed by atoms with E-state index >= 15 is 0 Å². The zero-order valence-corrected chi connectivity index (χ0v) is 10.6. The molecule has 5 nitrogen and oxygen atoms in total. The maximum Gasteiger partial charge on any atom is 0.234 e. The predicted octanol–water partition coefficient (Wildman–Crippen LogP) is -0.785. The number of rotatable bonds is 4. The number of likely N-dealkylation sites (N-methyl/N-ethyl adjacent to an activating group) is 1. The second-order valence-corrected chi connectivity index (χ2v) is 5.31. The molecular formula is C11H24N4O. The molecule has 16 heavy (non-hydrogen) atoms. The Hall–Kier alpha value is -0.650. The molecule has 0 aromatic rings. The molecule has 1 heterocycles. The highest BCUT2D eigenvalue weighted by atomic mass is 16.1. The summed E-state index contributed by atoms with van der Waals surface area (Å²) < 4.78 is 0. The van der Waals surface area contributed by atoms with Gasteiger partial charge in [0, 0.05) is 31.7 Å². The average molecular weight is 228 g/mol. The van der Waals surface area contributed by atoms with Crippen molar-refractivity contribution >= 4 is 5.91 Å². The Morgan fingerprint density at radius 2 is 2.06 bits per heavy atom. The van der Waals surface area contributed by atoms with E-state index in [9.17, 15) is 4.79 Å². The summed E-state index contributed by atoms with van der Waals surface area (Å²) in [4.78, 5) is 15.5. The zero-order chi connectivity index (χ0) is 12.3. The Morgan fingerprint density at radius 1 is 1.44 bits per heavy atom. The molecule has 4 N–H and O–H groups in total. The second kappa shape index (κ2) is 5.12. The number of nitrogens with zero attached hydrogens (tertiary/aromatic N) is 2. The van der Waals surface area contributed by atoms with Crippen molar-refractivity contribution < 1.29 is 4.79 Å². The van der Waals surface area contributed by atoms with Gasteiger partial charge in [0.1, 0.15) is 0 Å². The number of piperazine rings is 1. The Bertz CT molecular complexity index is 254. The normalized spacial score (nSPS) is 24.2. The third-order valence-electron chi connectivity index (χ3n) is 3.52. The first-order valence-electron chi connectivity index (χ1n) is 5.81. The van der Waals surface area contributed by atoms with Crippen LogP contribution >= 0.6 is 0 Å². The van der Waals surface area contributed by atoms with Gasteiger partial charge in [-0.1, -0.05) is 0 Å². The van der Waals surface area contributed by atoms with Crippen LogP contribution in [-0.2, 0) is 4.79 Å². The van der Waals surface area contributed by atoms with Gasteiger partial charge in [0.05, 0.1) is 6.04 Å². The predicted molar refractivity (Wildman–Crippen MR) is 64.9 cm³/mol. The molecule has 0 aromatic heterocycles. The Balaban J connectivity index is 2.37. The standard InChI is InChI=1S/C11H24N4O/c1-11(2)8-15(7-6-14(11)3)5-4-9(12)10(13)16/h9H,4-8,12H2,1-3H3,(H2,13,16). The molecule has 1 amide bonds. The number of carbonyl (C=O) groups is 1. The summed E-state index contributed by atoms with van der Waals surface area (Å²) in [7, 11) is 2.15. The largest absolute Gasteiger partial charge is 0.368 e. The number of carbonyl (C=O) groups excluding carboxylic acids is 1. The van der Waals surface area contributed by atoms with Crippen molar-refractivity contribution in [1.82, 2.24) is 9.80 Å². The number of amides is 1. The number of hydrogen-bond acceptors (Lipinski definition) is 4. The van der Waals surface area contributed by atoms with Gasteiger partial charge in [0.25, 0.3) is 0 Å². The lowest BCUT2D eigenvalue weighted by Gasteiger charge is -2.45. The summed E-state index contributed by atoms with van der Waals surface area (Å²) >= 11 is 0. The van der Waals surface area contributed by atoms with E-state index in [0.29, 0.717) is 6.42 Å². The van der Waals surface area contributed by atoms with Gasteiger partial charge in [0.15, 0.2) is 0 Å². The van der Waals surface area contributed by atoms with Crippen molar-refractivity contribution in [2.75, 3.05) is 33.2 Å². The van der Waals surface area contributed by atoms with Crippen LogP contribution in [0.25, 0.3) is 0 Å². The molecule has 0 aliphatic carbocycles. The molecule has 0 saturated carbocycles. The van der Waals surface area contributed by atoms with Crippen LogP contribution in [0.3, 0.4) is 0 Å². The summed E-state index contributed by atoms with van der Waals surface area (Å²) in [5.74, 6) is -0.409. The first kappa shape index (κ1) is 13.4. The van der Waals surface area contributed by atoms with E-state index in [1.165, 1.54) is 0 Å². The molecule has 1 saturated heterocycles. The summed E-state index contributed by atoms with van der Waals surface area (Å²) in [5.41, 5.74) is 10.9. The average Bonchev–Trinajstić information content (AvgIpc) is 2.19. The van der Waals surface area contributed by atoms with Gasteiger partial charge in [0.2, 0.25) is 5.91 Å². The zero-order valence-electron chi connectivity index (χ0n) is 10.6. The van der Waals surface area contributed by atoms with Crippen LogP contribution in [0, 0.1) is 0 Å². The fourth-order valence-corrected chi connectivity index (χ4v) is 2.00. The van der Waals surface area contributed by atoms with E-state index in [2.05, 4.69) is 30.7 Å². The number of hydrogen-bond donors (Lipinski definition) is 2. The first-order chi connectivity index (χ1) is 7.33. The van der Waals surface area contributed by atoms with Gasteiger partial charge >= 0.3 is 0 Å². The van der Waals surface area contributed by atoms with Gasteiger partial charge in [-0.25, -0.2) is 0 Å². The summed E-state index contributed by atoms with van der Waals surface area (Å²) in [6.07, 6.45) is 0.648. The molecule has 0 radical (unpaired) electrons. The van der Waals surface area contributed by atoms with Gasteiger partial charge in [-0.05, 0) is 27.3 Å². The minimum atomic E-state index is -0.511. The van der Waals surface area contributed by atoms with Crippen molar-refractivity contribution in [2.45, 2.75) is 31.8 Å². The molecule has 94 valence electrons. The quantitative estimate of drug-likeness (QED) is 0.661. The third kappa shape index (κ3) is 3.43. The second-order valence-electron chi connectivity index (χ2n) is 5.31. The maximum absolute atomic E-state index is 10.8. The van der Waals surface area contributed by atoms with Gasteiger partial charge in [-0.15, -0.1) is 0 Å². The molecule has 1 aliphatic rings. The lowest BCUT2D eigenvalue weighted by Crippen LogP contribution is -2.58. The minimum Gasteiger partial charge on any atom is -0.368 e. The number of primary amides is 1. The SMILES string of the molecule is CN1CCN(CCC(N)C(N)=O)CC1(C)C. The topological polar surface area (TPSA) is 75.6 Å². The Kier molecular flexibility index (Phi) is 4.29. The molecule has 5 heteroatoms. The molecule has 0 spiro atoms. The smallest absolute Gasteiger partial charge is 0.234 e. The highest BCUT2D eigenvalue weighted by Gasteiger charge is 2.30. The molecule has 1 aliphatic heterocycles. The molecule has 0 bridgehead atoms. The fraction of sp³-hybridized carbons (Fsp3) is 0.909. The van der Waals surface area contributed by atoms with Crippen LogP contribution in [0.1, 0.15) is 20.3 Å². The van der Waals surface area contributed by atoms with Crippen molar-refractivity contribution in [3.8, 4) is 0 Å². The van der Waals surface area contributed by atoms with Crippen LogP contribution in [0.5, 0.6) is 0 Å². The summed E-state index contributed by atoms with van der Waals surface area (Å²) in [6.45, 7) is 8.40. The molecule has 1 atom stereocenters. The van der Waals surface area contributed by atoms with Gasteiger partial charge in [-0.3, -0.25) is 9.69 Å². The lowest BCUT2D eigenvalue weighted by atomic mass is 9.99. The summed E-state index contributed by atoms with van der Waals surface area (Å²) in [5, 5.41) is 0. The Labute approximate surface area is 97.7 Å². The maximum atomic E-state index is 10.8. The van der Waals surface area contributed by atoms with Crippen LogP contribution < -0.4 is 11.5 Å². The summed E-state index contributed by atoms with van der Waals surface area (Å²) in [6, 6.07) is -0.511. The molecule has 1 unspecified atom stereocenters. The lowest BCUT2D eigenvalue weighted by molar-refractivity contribution is -0.119. The molecule has 1 rings (SSSR count). The molecular weight excluding hydrogens is 204 g/mol. The Morgan fingerprint density at radius 3 is 2.56 bits per heavy atom. The van der Waals surface area contributed by atoms with Crippen LogP contribution in [0.2, 0.25) is 0 Å². The molecule has 0 aromatic carbocycles. The van der Waals surface area contributed by atoms with Gasteiger partial charge < -0.3 is 16.4 Å². The van der Waals surface area contributed by atoms with Crippen molar-refractivity contribution in [2.24, 2.45) is 11.5 Å². The van der Waals surface area contributed by atoms with Crippen LogP contribution in [-0.4, -0.2) is 60.5 Å². The minimum absolute atomic E-state index is 0.190. The van der Waals surface area contributed by atoms with E-state index < -0.39 is 11.9 Å². The van der Waals surface area contributed by atoms with Crippen LogP contribution in [0.15, 0.2) is 0 Å². The highest BCUT2D eigenvalue weighted by molar-refractivity contribution is 5.79. The van der Waals surface area contributed by atoms with Crippen molar-refractivity contribution in [3.05, 3.63) is 0 Å². The van der Waals surface area contributed by atoms with Crippen molar-refractivity contribution in [1.29, 1.82) is 0 Å². The fourth-order valence-electron chi connectivity index (χ4n) is 2.00. The number of nitrogens with two attached hydrogens (primary N) is 2. The van der Waals surface area contributed by atoms with E-state index in [1.54, 1.807) is 0 Å². The van der Waals surface area contributed by atoms with Crippen LogP contribution in [0.4, 0.5) is 0 Å². The highest BCUT2D eigenvalue weighted by Crippen LogP contribution is 2.18. The van der Waals surface area contributed by atoms with Gasteiger partial charge in [-0.2, -0.15) is 0 Å². The van der Waals surface area contributed by atoms with E-state index in [-0.39, 0.29) is 5.54 Å².